The third-order valence-corrected chi connectivity index (χ3v) is 3.87. The number of nitrogens with zero attached hydrogens (tertiary/aromatic N) is 2. The van der Waals surface area contributed by atoms with Crippen LogP contribution in [0.15, 0.2) is 10.8 Å². The van der Waals surface area contributed by atoms with E-state index in [0.29, 0.717) is 23.3 Å². The predicted molar refractivity (Wildman–Crippen MR) is 61.7 cm³/mol. The molecule has 2 atom stereocenters. The summed E-state index contributed by atoms with van der Waals surface area (Å²) in [6.45, 7) is 3.73. The van der Waals surface area contributed by atoms with Crippen LogP contribution in [0.2, 0.25) is 0 Å². The normalized spacial score (nSPS) is 28.2. The van der Waals surface area contributed by atoms with Crippen LogP contribution in [0.3, 0.4) is 0 Å². The molecule has 17 heavy (non-hydrogen) atoms. The van der Waals surface area contributed by atoms with Gasteiger partial charge in [-0.25, -0.2) is 0 Å². The minimum absolute atomic E-state index is 0.0694. The van der Waals surface area contributed by atoms with E-state index in [-0.39, 0.29) is 5.91 Å². The molecule has 1 aromatic heterocycles. The fraction of sp³-hybridized carbons (Fsp3) is 0.667. The Morgan fingerprint density at radius 3 is 3.24 bits per heavy atom. The molecular weight excluding hydrogens is 218 g/mol. The molecular formula is C12H17N3O2. The van der Waals surface area contributed by atoms with Crippen molar-refractivity contribution in [1.82, 2.24) is 15.4 Å². The summed E-state index contributed by atoms with van der Waals surface area (Å²) in [7, 11) is 0. The van der Waals surface area contributed by atoms with Gasteiger partial charge in [0.1, 0.15) is 11.8 Å². The van der Waals surface area contributed by atoms with Crippen molar-refractivity contribution in [2.24, 2.45) is 0 Å². The van der Waals surface area contributed by atoms with Crippen molar-refractivity contribution in [3.63, 3.8) is 0 Å². The third kappa shape index (κ3) is 1.74. The first kappa shape index (κ1) is 10.8. The molecule has 5 heteroatoms. The summed E-state index contributed by atoms with van der Waals surface area (Å²) in [5.74, 6) is 0.0694. The van der Waals surface area contributed by atoms with Gasteiger partial charge in [0, 0.05) is 18.6 Å². The number of hydrogen-bond acceptors (Lipinski definition) is 4. The van der Waals surface area contributed by atoms with Gasteiger partial charge in [-0.1, -0.05) is 5.16 Å². The number of likely N-dealkylation sites (tertiary alicyclic amines) is 1. The van der Waals surface area contributed by atoms with E-state index in [1.165, 1.54) is 6.26 Å². The highest BCUT2D eigenvalue weighted by Gasteiger charge is 2.39. The molecule has 1 amide bonds. The summed E-state index contributed by atoms with van der Waals surface area (Å²) < 4.78 is 4.85. The maximum atomic E-state index is 12.4. The summed E-state index contributed by atoms with van der Waals surface area (Å²) in [6, 6.07) is 0.832. The van der Waals surface area contributed by atoms with Gasteiger partial charge in [0.05, 0.1) is 5.69 Å². The molecule has 2 unspecified atom stereocenters. The highest BCUT2D eigenvalue weighted by molar-refractivity contribution is 5.95. The average Bonchev–Trinajstić information content (AvgIpc) is 2.94. The molecule has 0 saturated carbocycles. The van der Waals surface area contributed by atoms with E-state index in [1.54, 1.807) is 0 Å². The zero-order chi connectivity index (χ0) is 11.8. The second-order valence-electron chi connectivity index (χ2n) is 4.87. The van der Waals surface area contributed by atoms with E-state index in [4.69, 9.17) is 4.52 Å². The van der Waals surface area contributed by atoms with E-state index in [2.05, 4.69) is 10.5 Å². The van der Waals surface area contributed by atoms with Crippen LogP contribution in [0.5, 0.6) is 0 Å². The van der Waals surface area contributed by atoms with Crippen molar-refractivity contribution >= 4 is 5.91 Å². The lowest BCUT2D eigenvalue weighted by molar-refractivity contribution is 0.0704. The lowest BCUT2D eigenvalue weighted by Gasteiger charge is -2.32. The summed E-state index contributed by atoms with van der Waals surface area (Å²) in [6.07, 6.45) is 4.77. The topological polar surface area (TPSA) is 58.4 Å². The van der Waals surface area contributed by atoms with Crippen LogP contribution >= 0.6 is 0 Å². The molecule has 2 aliphatic rings. The zero-order valence-corrected chi connectivity index (χ0v) is 9.98. The first-order valence-corrected chi connectivity index (χ1v) is 6.22. The molecule has 3 rings (SSSR count). The van der Waals surface area contributed by atoms with Gasteiger partial charge in [-0.05, 0) is 32.7 Å². The molecule has 5 nitrogen and oxygen atoms in total. The van der Waals surface area contributed by atoms with Crippen molar-refractivity contribution in [3.8, 4) is 0 Å². The van der Waals surface area contributed by atoms with Crippen molar-refractivity contribution < 1.29 is 9.32 Å². The van der Waals surface area contributed by atoms with Gasteiger partial charge < -0.3 is 14.7 Å². The van der Waals surface area contributed by atoms with Gasteiger partial charge in [-0.15, -0.1) is 0 Å². The molecule has 1 N–H and O–H groups in total. The number of carbonyl (C=O) groups is 1. The van der Waals surface area contributed by atoms with E-state index >= 15 is 0 Å². The summed E-state index contributed by atoms with van der Waals surface area (Å²) >= 11 is 0. The Morgan fingerprint density at radius 2 is 2.47 bits per heavy atom. The summed E-state index contributed by atoms with van der Waals surface area (Å²) in [5, 5.41) is 7.27. The molecule has 0 radical (unpaired) electrons. The number of nitrogens with one attached hydrogen (secondary N) is 1. The van der Waals surface area contributed by atoms with Crippen LogP contribution < -0.4 is 5.32 Å². The van der Waals surface area contributed by atoms with Crippen LogP contribution in [0.4, 0.5) is 0 Å². The fourth-order valence-electron chi connectivity index (χ4n) is 2.95. The summed E-state index contributed by atoms with van der Waals surface area (Å²) in [5.41, 5.74) is 1.29. The van der Waals surface area contributed by atoms with E-state index < -0.39 is 0 Å². The van der Waals surface area contributed by atoms with Crippen molar-refractivity contribution in [2.75, 3.05) is 13.1 Å². The molecule has 2 aliphatic heterocycles. The van der Waals surface area contributed by atoms with Gasteiger partial charge in [0.15, 0.2) is 0 Å². The molecule has 0 aromatic carbocycles. The molecule has 0 bridgehead atoms. The molecule has 0 spiro atoms. The standard InChI is InChI=1S/C12H17N3O2/c1-8-9(7-17-14-8)12(16)15-6-4-10-11(15)3-2-5-13-10/h7,10-11,13H,2-6H2,1H3. The molecule has 3 heterocycles. The molecule has 1 aromatic rings. The number of carbonyl (C=O) groups excluding carboxylic acids is 1. The lowest BCUT2D eigenvalue weighted by Crippen LogP contribution is -2.48. The Kier molecular flexibility index (Phi) is 2.63. The highest BCUT2D eigenvalue weighted by Crippen LogP contribution is 2.27. The fourth-order valence-corrected chi connectivity index (χ4v) is 2.95. The minimum atomic E-state index is 0.0694. The monoisotopic (exact) mass is 235 g/mol. The number of amides is 1. The van der Waals surface area contributed by atoms with Crippen molar-refractivity contribution in [1.29, 1.82) is 0 Å². The summed E-state index contributed by atoms with van der Waals surface area (Å²) in [4.78, 5) is 14.4. The predicted octanol–water partition coefficient (Wildman–Crippen LogP) is 0.950. The van der Waals surface area contributed by atoms with E-state index in [0.717, 1.165) is 32.4 Å². The van der Waals surface area contributed by atoms with Gasteiger partial charge in [-0.3, -0.25) is 4.79 Å². The van der Waals surface area contributed by atoms with Gasteiger partial charge in [0.25, 0.3) is 5.91 Å². The Balaban J connectivity index is 1.81. The first-order valence-electron chi connectivity index (χ1n) is 6.22. The minimum Gasteiger partial charge on any atom is -0.364 e. The number of rotatable bonds is 1. The van der Waals surface area contributed by atoms with Crippen LogP contribution in [0.1, 0.15) is 35.3 Å². The zero-order valence-electron chi connectivity index (χ0n) is 9.98. The first-order chi connectivity index (χ1) is 8.27. The largest absolute Gasteiger partial charge is 0.364 e. The highest BCUT2D eigenvalue weighted by atomic mass is 16.5. The quantitative estimate of drug-likeness (QED) is 0.787. The Morgan fingerprint density at radius 1 is 1.59 bits per heavy atom. The maximum absolute atomic E-state index is 12.4. The Hall–Kier alpha value is -1.36. The smallest absolute Gasteiger partial charge is 0.259 e. The molecule has 2 fully saturated rings. The van der Waals surface area contributed by atoms with Crippen LogP contribution in [-0.4, -0.2) is 41.1 Å². The average molecular weight is 235 g/mol. The number of fused-ring (bicyclic) bond motifs is 1. The number of aromatic nitrogens is 1. The van der Waals surface area contributed by atoms with E-state index in [1.807, 2.05) is 11.8 Å². The van der Waals surface area contributed by atoms with E-state index in [9.17, 15) is 4.79 Å². The second kappa shape index (κ2) is 4.14. The van der Waals surface area contributed by atoms with Crippen LogP contribution in [0, 0.1) is 6.92 Å². The Bertz CT molecular complexity index is 429. The molecule has 2 saturated heterocycles. The van der Waals surface area contributed by atoms with Gasteiger partial charge >= 0.3 is 0 Å². The molecule has 92 valence electrons. The Labute approximate surface area is 100 Å². The lowest BCUT2D eigenvalue weighted by atomic mass is 9.99. The third-order valence-electron chi connectivity index (χ3n) is 3.87. The maximum Gasteiger partial charge on any atom is 0.259 e. The number of hydrogen-bond donors (Lipinski definition) is 1. The number of piperidine rings is 1. The second-order valence-corrected chi connectivity index (χ2v) is 4.87. The SMILES string of the molecule is Cc1nocc1C(=O)N1CCC2NCCCC21. The van der Waals surface area contributed by atoms with Crippen molar-refractivity contribution in [2.45, 2.75) is 38.3 Å². The molecule has 0 aliphatic carbocycles. The van der Waals surface area contributed by atoms with Crippen LogP contribution in [0.25, 0.3) is 0 Å². The van der Waals surface area contributed by atoms with Gasteiger partial charge in [-0.2, -0.15) is 0 Å². The van der Waals surface area contributed by atoms with Crippen LogP contribution in [-0.2, 0) is 0 Å². The number of aryl methyl sites for hydroxylation is 1. The van der Waals surface area contributed by atoms with Gasteiger partial charge in [0.2, 0.25) is 0 Å². The van der Waals surface area contributed by atoms with Crippen molar-refractivity contribution in [3.05, 3.63) is 17.5 Å².